The van der Waals surface area contributed by atoms with Crippen LogP contribution in [0, 0.1) is 0 Å². The lowest BCUT2D eigenvalue weighted by molar-refractivity contribution is 0.00578. The Bertz CT molecular complexity index is 2070. The zero-order chi connectivity index (χ0) is 34.0. The van der Waals surface area contributed by atoms with Gasteiger partial charge in [0, 0.05) is 56.7 Å². The Balaban J connectivity index is 1.24. The molecule has 6 aromatic rings. The van der Waals surface area contributed by atoms with E-state index in [0.29, 0.717) is 0 Å². The summed E-state index contributed by atoms with van der Waals surface area (Å²) in [6.45, 7) is 23.0. The van der Waals surface area contributed by atoms with Crippen LogP contribution in [0.4, 0.5) is 0 Å². The molecule has 2 saturated heterocycles. The Morgan fingerprint density at radius 2 is 0.729 bits per heavy atom. The van der Waals surface area contributed by atoms with Crippen LogP contribution in [0.1, 0.15) is 69.2 Å². The van der Waals surface area contributed by atoms with Gasteiger partial charge >= 0.3 is 14.2 Å². The number of nitrogens with zero attached hydrogens (tertiary/aromatic N) is 2. The maximum absolute atomic E-state index is 6.44. The zero-order valence-electron chi connectivity index (χ0n) is 30.0. The lowest BCUT2D eigenvalue weighted by Gasteiger charge is -2.32. The number of rotatable bonds is 5. The standard InChI is InChI=1S/C40H46B2N2O4/c1-11-43-33-17-13-25(21-29(33)31-23-27(15-19-35(31)43)41-45-37(3,4)38(5,6)46-41)26-14-18-34-30(22-26)32-24-28(16-20-36(32)44(34)12-2)42-47-39(7,8)40(9,10)48-42/h13-24H,11-12H2,1-10H3. The SMILES string of the molecule is CCn1c2ccc(B3OC(C)(C)C(C)(C)O3)cc2c2cc(-c3ccc4c(c3)c3cc(B5OC(C)(C)C(C)(C)O5)ccc3n4CC)ccc21. The van der Waals surface area contributed by atoms with Crippen LogP contribution in [0.3, 0.4) is 0 Å². The lowest BCUT2D eigenvalue weighted by Crippen LogP contribution is -2.41. The van der Waals surface area contributed by atoms with Crippen molar-refractivity contribution in [3.05, 3.63) is 72.8 Å². The van der Waals surface area contributed by atoms with Gasteiger partial charge in [0.2, 0.25) is 0 Å². The van der Waals surface area contributed by atoms with E-state index in [-0.39, 0.29) is 22.4 Å². The number of aryl methyl sites for hydroxylation is 2. The van der Waals surface area contributed by atoms with Gasteiger partial charge in [-0.05, 0) is 128 Å². The van der Waals surface area contributed by atoms with Gasteiger partial charge in [-0.15, -0.1) is 0 Å². The van der Waals surface area contributed by atoms with Crippen LogP contribution in [0.2, 0.25) is 0 Å². The van der Waals surface area contributed by atoms with Crippen molar-refractivity contribution >= 4 is 68.8 Å². The van der Waals surface area contributed by atoms with Crippen LogP contribution in [0.25, 0.3) is 54.7 Å². The molecular weight excluding hydrogens is 594 g/mol. The van der Waals surface area contributed by atoms with Crippen LogP contribution >= 0.6 is 0 Å². The molecule has 2 aliphatic heterocycles. The third-order valence-electron chi connectivity index (χ3n) is 11.8. The van der Waals surface area contributed by atoms with E-state index in [4.69, 9.17) is 18.6 Å². The topological polar surface area (TPSA) is 46.8 Å². The average Bonchev–Trinajstić information content (AvgIpc) is 3.68. The summed E-state index contributed by atoms with van der Waals surface area (Å²) in [7, 11) is -0.800. The van der Waals surface area contributed by atoms with Crippen molar-refractivity contribution in [2.45, 2.75) is 105 Å². The van der Waals surface area contributed by atoms with E-state index < -0.39 is 14.2 Å². The first-order valence-corrected chi connectivity index (χ1v) is 17.5. The Kier molecular flexibility index (Phi) is 6.92. The number of benzene rings is 4. The smallest absolute Gasteiger partial charge is 0.399 e. The van der Waals surface area contributed by atoms with Crippen LogP contribution in [-0.4, -0.2) is 45.8 Å². The molecule has 0 saturated carbocycles. The molecule has 0 amide bonds. The van der Waals surface area contributed by atoms with Crippen LogP contribution in [0.15, 0.2) is 72.8 Å². The molecule has 0 spiro atoms. The summed E-state index contributed by atoms with van der Waals surface area (Å²) in [6.07, 6.45) is 0. The molecule has 2 fully saturated rings. The third kappa shape index (κ3) is 4.56. The zero-order valence-corrected chi connectivity index (χ0v) is 30.0. The monoisotopic (exact) mass is 640 g/mol. The molecule has 246 valence electrons. The average molecular weight is 640 g/mol. The first kappa shape index (κ1) is 31.7. The highest BCUT2D eigenvalue weighted by Crippen LogP contribution is 2.40. The predicted molar refractivity (Wildman–Crippen MR) is 201 cm³/mol. The van der Waals surface area contributed by atoms with Gasteiger partial charge in [0.25, 0.3) is 0 Å². The van der Waals surface area contributed by atoms with Crippen LogP contribution in [0.5, 0.6) is 0 Å². The van der Waals surface area contributed by atoms with Gasteiger partial charge in [0.05, 0.1) is 22.4 Å². The first-order valence-electron chi connectivity index (χ1n) is 17.5. The number of hydrogen-bond donors (Lipinski definition) is 0. The Hall–Kier alpha value is -3.55. The van der Waals surface area contributed by atoms with Gasteiger partial charge in [-0.3, -0.25) is 0 Å². The quantitative estimate of drug-likeness (QED) is 0.178. The van der Waals surface area contributed by atoms with Crippen molar-refractivity contribution in [3.63, 3.8) is 0 Å². The third-order valence-corrected chi connectivity index (χ3v) is 11.8. The highest BCUT2D eigenvalue weighted by atomic mass is 16.7. The highest BCUT2D eigenvalue weighted by Gasteiger charge is 2.52. The fraction of sp³-hybridized carbons (Fsp3) is 0.400. The lowest BCUT2D eigenvalue weighted by atomic mass is 9.78. The van der Waals surface area contributed by atoms with Crippen molar-refractivity contribution in [2.24, 2.45) is 0 Å². The van der Waals surface area contributed by atoms with Crippen molar-refractivity contribution in [1.82, 2.24) is 9.13 Å². The molecule has 4 aromatic carbocycles. The second-order valence-corrected chi connectivity index (χ2v) is 15.7. The van der Waals surface area contributed by atoms with Gasteiger partial charge in [-0.1, -0.05) is 36.4 Å². The molecule has 0 unspecified atom stereocenters. The first-order chi connectivity index (χ1) is 22.6. The van der Waals surface area contributed by atoms with E-state index in [1.807, 2.05) is 0 Å². The summed E-state index contributed by atoms with van der Waals surface area (Å²) in [6, 6.07) is 27.1. The molecule has 0 radical (unpaired) electrons. The molecule has 8 heteroatoms. The van der Waals surface area contributed by atoms with Crippen molar-refractivity contribution in [2.75, 3.05) is 0 Å². The van der Waals surface area contributed by atoms with Crippen LogP contribution in [-0.2, 0) is 31.7 Å². The molecule has 0 bridgehead atoms. The summed E-state index contributed by atoms with van der Waals surface area (Å²) in [4.78, 5) is 0. The van der Waals surface area contributed by atoms with Gasteiger partial charge < -0.3 is 27.8 Å². The summed E-state index contributed by atoms with van der Waals surface area (Å²) in [5, 5.41) is 4.91. The van der Waals surface area contributed by atoms with Gasteiger partial charge in [-0.2, -0.15) is 0 Å². The number of aromatic nitrogens is 2. The Morgan fingerprint density at radius 1 is 0.438 bits per heavy atom. The molecule has 0 atom stereocenters. The van der Waals surface area contributed by atoms with E-state index in [9.17, 15) is 0 Å². The van der Waals surface area contributed by atoms with E-state index >= 15 is 0 Å². The Labute approximate surface area is 284 Å². The second kappa shape index (κ2) is 10.5. The van der Waals surface area contributed by atoms with E-state index in [2.05, 4.69) is 151 Å². The van der Waals surface area contributed by atoms with Gasteiger partial charge in [0.15, 0.2) is 0 Å². The van der Waals surface area contributed by atoms with Gasteiger partial charge in [0.1, 0.15) is 0 Å². The fourth-order valence-electron chi connectivity index (χ4n) is 7.54. The van der Waals surface area contributed by atoms with Crippen LogP contribution < -0.4 is 10.9 Å². The Morgan fingerprint density at radius 3 is 1.04 bits per heavy atom. The van der Waals surface area contributed by atoms with Crippen molar-refractivity contribution < 1.29 is 18.6 Å². The molecule has 8 rings (SSSR count). The molecule has 2 aliphatic rings. The maximum Gasteiger partial charge on any atom is 0.494 e. The molecule has 48 heavy (non-hydrogen) atoms. The molecule has 2 aromatic heterocycles. The molecule has 0 aliphatic carbocycles. The molecular formula is C40H46B2N2O4. The second-order valence-electron chi connectivity index (χ2n) is 15.7. The fourth-order valence-corrected chi connectivity index (χ4v) is 7.54. The summed E-state index contributed by atoms with van der Waals surface area (Å²) in [5.41, 5.74) is 7.86. The molecule has 6 nitrogen and oxygen atoms in total. The van der Waals surface area contributed by atoms with E-state index in [1.165, 1.54) is 54.7 Å². The highest BCUT2D eigenvalue weighted by molar-refractivity contribution is 6.63. The minimum absolute atomic E-state index is 0.387. The van der Waals surface area contributed by atoms with E-state index in [1.54, 1.807) is 0 Å². The normalized spacial score (nSPS) is 19.9. The number of fused-ring (bicyclic) bond motifs is 6. The maximum atomic E-state index is 6.44. The van der Waals surface area contributed by atoms with Crippen molar-refractivity contribution in [1.29, 1.82) is 0 Å². The predicted octanol–water partition coefficient (Wildman–Crippen LogP) is 8.21. The minimum atomic E-state index is -0.400. The van der Waals surface area contributed by atoms with Crippen molar-refractivity contribution in [3.8, 4) is 11.1 Å². The molecule has 0 N–H and O–H groups in total. The van der Waals surface area contributed by atoms with Gasteiger partial charge in [-0.25, -0.2) is 0 Å². The largest absolute Gasteiger partial charge is 0.494 e. The summed E-state index contributed by atoms with van der Waals surface area (Å²) >= 11 is 0. The summed E-state index contributed by atoms with van der Waals surface area (Å²) in [5.74, 6) is 0. The minimum Gasteiger partial charge on any atom is -0.399 e. The van der Waals surface area contributed by atoms with E-state index in [0.717, 1.165) is 24.0 Å². The molecule has 4 heterocycles. The summed E-state index contributed by atoms with van der Waals surface area (Å²) < 4.78 is 30.6. The number of hydrogen-bond acceptors (Lipinski definition) is 4.